The number of halogens is 1. The Kier molecular flexibility index (Phi) is 4.57. The lowest BCUT2D eigenvalue weighted by Gasteiger charge is -2.07. The summed E-state index contributed by atoms with van der Waals surface area (Å²) in [4.78, 5) is 12.2. The van der Waals surface area contributed by atoms with E-state index < -0.39 is 11.7 Å². The highest BCUT2D eigenvalue weighted by Gasteiger charge is 2.13. The molecule has 2 aromatic carbocycles. The Balaban J connectivity index is 1.60. The molecule has 7 heteroatoms. The average Bonchev–Trinajstić information content (AvgIpc) is 3.11. The van der Waals surface area contributed by atoms with Crippen LogP contribution in [0.3, 0.4) is 0 Å². The van der Waals surface area contributed by atoms with Crippen molar-refractivity contribution in [3.63, 3.8) is 0 Å². The lowest BCUT2D eigenvalue weighted by Crippen LogP contribution is -2.25. The molecular weight excluding hydrogens is 357 g/mol. The lowest BCUT2D eigenvalue weighted by molar-refractivity contribution is 0.0945. The second-order valence-electron chi connectivity index (χ2n) is 6.57. The molecular formula is C21H18FN5O. The Bertz CT molecular complexity index is 1180. The molecule has 0 spiro atoms. The quantitative estimate of drug-likeness (QED) is 0.593. The Morgan fingerprint density at radius 2 is 1.86 bits per heavy atom. The molecule has 0 bridgehead atoms. The molecule has 1 amide bonds. The van der Waals surface area contributed by atoms with Crippen molar-refractivity contribution < 1.29 is 9.18 Å². The fourth-order valence-electron chi connectivity index (χ4n) is 2.90. The van der Waals surface area contributed by atoms with Crippen LogP contribution in [-0.2, 0) is 6.54 Å². The number of hydrogen-bond donors (Lipinski definition) is 1. The van der Waals surface area contributed by atoms with Gasteiger partial charge in [-0.25, -0.2) is 4.39 Å². The fourth-order valence-corrected chi connectivity index (χ4v) is 2.90. The summed E-state index contributed by atoms with van der Waals surface area (Å²) in [6.45, 7) is 4.20. The largest absolute Gasteiger partial charge is 0.345 e. The summed E-state index contributed by atoms with van der Waals surface area (Å²) in [5.74, 6) is -0.619. The van der Waals surface area contributed by atoms with Crippen LogP contribution >= 0.6 is 0 Å². The molecule has 0 aliphatic rings. The van der Waals surface area contributed by atoms with Gasteiger partial charge >= 0.3 is 0 Å². The van der Waals surface area contributed by atoms with E-state index >= 15 is 0 Å². The number of aromatic nitrogens is 4. The van der Waals surface area contributed by atoms with E-state index in [-0.39, 0.29) is 12.1 Å². The minimum Gasteiger partial charge on any atom is -0.345 e. The molecule has 6 nitrogen and oxygen atoms in total. The first-order chi connectivity index (χ1) is 13.5. The Hall–Kier alpha value is -3.61. The molecule has 28 heavy (non-hydrogen) atoms. The third-order valence-electron chi connectivity index (χ3n) is 4.66. The van der Waals surface area contributed by atoms with Crippen LogP contribution in [0.15, 0.2) is 54.6 Å². The Labute approximate surface area is 161 Å². The summed E-state index contributed by atoms with van der Waals surface area (Å²) in [7, 11) is 0. The molecule has 0 atom stereocenters. The third-order valence-corrected chi connectivity index (χ3v) is 4.66. The molecule has 1 N–H and O–H groups in total. The maximum absolute atomic E-state index is 13.8. The molecule has 2 heterocycles. The minimum atomic E-state index is -0.568. The molecule has 0 aliphatic carbocycles. The molecule has 0 saturated carbocycles. The molecule has 0 aliphatic heterocycles. The van der Waals surface area contributed by atoms with E-state index in [4.69, 9.17) is 0 Å². The summed E-state index contributed by atoms with van der Waals surface area (Å²) in [5.41, 5.74) is 4.71. The van der Waals surface area contributed by atoms with E-state index in [2.05, 4.69) is 46.6 Å². The van der Waals surface area contributed by atoms with E-state index in [9.17, 15) is 9.18 Å². The maximum Gasteiger partial charge on any atom is 0.254 e. The van der Waals surface area contributed by atoms with Crippen molar-refractivity contribution in [1.82, 2.24) is 25.1 Å². The number of fused-ring (bicyclic) bond motifs is 1. The van der Waals surface area contributed by atoms with Gasteiger partial charge < -0.3 is 5.32 Å². The van der Waals surface area contributed by atoms with E-state index in [1.165, 1.54) is 29.3 Å². The van der Waals surface area contributed by atoms with E-state index in [0.29, 0.717) is 11.5 Å². The second kappa shape index (κ2) is 7.19. The maximum atomic E-state index is 13.8. The van der Waals surface area contributed by atoms with Crippen molar-refractivity contribution in [3.05, 3.63) is 82.9 Å². The zero-order chi connectivity index (χ0) is 19.7. The molecule has 0 radical (unpaired) electrons. The molecule has 2 aromatic heterocycles. The standard InChI is InChI=1S/C21H18FN5O/c1-13-7-8-15(11-14(13)2)18-9-10-19-24-25-20(27(19)26-18)12-23-21(28)16-5-3-4-6-17(16)22/h3-11H,12H2,1-2H3,(H,23,28). The zero-order valence-corrected chi connectivity index (χ0v) is 15.5. The Morgan fingerprint density at radius 3 is 2.64 bits per heavy atom. The monoisotopic (exact) mass is 375 g/mol. The number of hydrogen-bond acceptors (Lipinski definition) is 4. The number of amides is 1. The van der Waals surface area contributed by atoms with Crippen LogP contribution in [0, 0.1) is 19.7 Å². The van der Waals surface area contributed by atoms with Gasteiger partial charge in [-0.15, -0.1) is 10.2 Å². The number of aryl methyl sites for hydroxylation is 2. The van der Waals surface area contributed by atoms with Crippen LogP contribution in [0.2, 0.25) is 0 Å². The molecule has 140 valence electrons. The highest BCUT2D eigenvalue weighted by molar-refractivity contribution is 5.94. The lowest BCUT2D eigenvalue weighted by atomic mass is 10.0. The van der Waals surface area contributed by atoms with Gasteiger partial charge in [0.05, 0.1) is 17.8 Å². The van der Waals surface area contributed by atoms with Crippen LogP contribution in [0.4, 0.5) is 4.39 Å². The first kappa shape index (κ1) is 17.8. The number of nitrogens with one attached hydrogen (secondary N) is 1. The first-order valence-electron chi connectivity index (χ1n) is 8.84. The third kappa shape index (κ3) is 3.34. The van der Waals surface area contributed by atoms with E-state index in [1.54, 1.807) is 10.6 Å². The SMILES string of the molecule is Cc1ccc(-c2ccc3nnc(CNC(=O)c4ccccc4F)n3n2)cc1C. The van der Waals surface area contributed by atoms with E-state index in [0.717, 1.165) is 11.3 Å². The number of benzene rings is 2. The van der Waals surface area contributed by atoms with Crippen LogP contribution in [0.25, 0.3) is 16.9 Å². The Morgan fingerprint density at radius 1 is 1.04 bits per heavy atom. The normalized spacial score (nSPS) is 11.0. The highest BCUT2D eigenvalue weighted by Crippen LogP contribution is 2.20. The van der Waals surface area contributed by atoms with Crippen LogP contribution in [0.1, 0.15) is 27.3 Å². The summed E-state index contributed by atoms with van der Waals surface area (Å²) in [6, 6.07) is 15.7. The number of carbonyl (C=O) groups excluding carboxylic acids is 1. The zero-order valence-electron chi connectivity index (χ0n) is 15.5. The second-order valence-corrected chi connectivity index (χ2v) is 6.57. The van der Waals surface area contributed by atoms with Crippen LogP contribution < -0.4 is 5.32 Å². The van der Waals surface area contributed by atoms with Gasteiger partial charge in [0.15, 0.2) is 11.5 Å². The number of nitrogens with zero attached hydrogens (tertiary/aromatic N) is 4. The van der Waals surface area contributed by atoms with Crippen molar-refractivity contribution >= 4 is 11.6 Å². The van der Waals surface area contributed by atoms with Crippen molar-refractivity contribution in [2.75, 3.05) is 0 Å². The van der Waals surface area contributed by atoms with Gasteiger partial charge in [-0.3, -0.25) is 4.79 Å². The van der Waals surface area contributed by atoms with Gasteiger partial charge in [-0.05, 0) is 55.3 Å². The number of carbonyl (C=O) groups is 1. The van der Waals surface area contributed by atoms with Crippen LogP contribution in [0.5, 0.6) is 0 Å². The van der Waals surface area contributed by atoms with Gasteiger partial charge in [-0.1, -0.05) is 24.3 Å². The van der Waals surface area contributed by atoms with Crippen molar-refractivity contribution in [2.45, 2.75) is 20.4 Å². The smallest absolute Gasteiger partial charge is 0.254 e. The molecule has 4 rings (SSSR count). The van der Waals surface area contributed by atoms with Gasteiger partial charge in [0.25, 0.3) is 5.91 Å². The van der Waals surface area contributed by atoms with Gasteiger partial charge in [0, 0.05) is 5.56 Å². The minimum absolute atomic E-state index is 0.0138. The first-order valence-corrected chi connectivity index (χ1v) is 8.84. The fraction of sp³-hybridized carbons (Fsp3) is 0.143. The van der Waals surface area contributed by atoms with Crippen molar-refractivity contribution in [1.29, 1.82) is 0 Å². The average molecular weight is 375 g/mol. The highest BCUT2D eigenvalue weighted by atomic mass is 19.1. The number of rotatable bonds is 4. The summed E-state index contributed by atoms with van der Waals surface area (Å²) in [5, 5.41) is 15.4. The van der Waals surface area contributed by atoms with Gasteiger partial charge in [0.2, 0.25) is 0 Å². The molecule has 0 saturated heterocycles. The topological polar surface area (TPSA) is 72.2 Å². The molecule has 4 aromatic rings. The van der Waals surface area contributed by atoms with Crippen LogP contribution in [-0.4, -0.2) is 25.7 Å². The van der Waals surface area contributed by atoms with Gasteiger partial charge in [0.1, 0.15) is 5.82 Å². The molecule has 0 fully saturated rings. The summed E-state index contributed by atoms with van der Waals surface area (Å²) >= 11 is 0. The predicted octanol–water partition coefficient (Wildman–Crippen LogP) is 3.48. The van der Waals surface area contributed by atoms with E-state index in [1.807, 2.05) is 18.2 Å². The van der Waals surface area contributed by atoms with Crippen molar-refractivity contribution in [3.8, 4) is 11.3 Å². The molecule has 0 unspecified atom stereocenters. The summed E-state index contributed by atoms with van der Waals surface area (Å²) in [6.07, 6.45) is 0. The summed E-state index contributed by atoms with van der Waals surface area (Å²) < 4.78 is 15.3. The predicted molar refractivity (Wildman–Crippen MR) is 103 cm³/mol. The van der Waals surface area contributed by atoms with Gasteiger partial charge in [-0.2, -0.15) is 9.61 Å². The van der Waals surface area contributed by atoms with Crippen molar-refractivity contribution in [2.24, 2.45) is 0 Å².